The number of hydrogen-bond acceptors (Lipinski definition) is 4. The maximum absolute atomic E-state index is 9.40. The first-order valence-corrected chi connectivity index (χ1v) is 5.07. The van der Waals surface area contributed by atoms with E-state index in [1.807, 2.05) is 25.1 Å². The van der Waals surface area contributed by atoms with Crippen molar-refractivity contribution in [1.82, 2.24) is 4.98 Å². The lowest BCUT2D eigenvalue weighted by atomic mass is 10.2. The summed E-state index contributed by atoms with van der Waals surface area (Å²) in [6, 6.07) is 5.82. The summed E-state index contributed by atoms with van der Waals surface area (Å²) in [6.07, 6.45) is 0.246. The highest BCUT2D eigenvalue weighted by molar-refractivity contribution is 5.34. The lowest BCUT2D eigenvalue weighted by Gasteiger charge is -2.10. The molecule has 0 amide bonds. The molecule has 0 bridgehead atoms. The van der Waals surface area contributed by atoms with Gasteiger partial charge in [-0.05, 0) is 25.5 Å². The standard InChI is InChI=1S/C11H18N2O2/c1-9-4-3-5-11(13-9)12-7-6-10(14)8-15-2/h3-5,10,14H,6-8H2,1-2H3,(H,12,13). The molecule has 1 aromatic heterocycles. The fourth-order valence-corrected chi connectivity index (χ4v) is 1.28. The average molecular weight is 210 g/mol. The minimum Gasteiger partial charge on any atom is -0.391 e. The van der Waals surface area contributed by atoms with E-state index in [1.165, 1.54) is 0 Å². The van der Waals surface area contributed by atoms with Crippen LogP contribution in [0.15, 0.2) is 18.2 Å². The Morgan fingerprint density at radius 1 is 1.53 bits per heavy atom. The number of methoxy groups -OCH3 is 1. The van der Waals surface area contributed by atoms with E-state index < -0.39 is 6.10 Å². The fourth-order valence-electron chi connectivity index (χ4n) is 1.28. The van der Waals surface area contributed by atoms with Gasteiger partial charge in [-0.1, -0.05) is 6.07 Å². The average Bonchev–Trinajstić information content (AvgIpc) is 2.18. The van der Waals surface area contributed by atoms with Gasteiger partial charge in [-0.15, -0.1) is 0 Å². The van der Waals surface area contributed by atoms with Gasteiger partial charge in [0, 0.05) is 19.3 Å². The number of anilines is 1. The highest BCUT2D eigenvalue weighted by Crippen LogP contribution is 2.04. The van der Waals surface area contributed by atoms with Crippen LogP contribution in [0.1, 0.15) is 12.1 Å². The summed E-state index contributed by atoms with van der Waals surface area (Å²) in [7, 11) is 1.58. The molecule has 0 aliphatic rings. The van der Waals surface area contributed by atoms with Crippen molar-refractivity contribution in [3.05, 3.63) is 23.9 Å². The SMILES string of the molecule is COCC(O)CCNc1cccc(C)n1. The van der Waals surface area contributed by atoms with Gasteiger partial charge in [-0.25, -0.2) is 4.98 Å². The molecule has 15 heavy (non-hydrogen) atoms. The number of aryl methyl sites for hydroxylation is 1. The number of aliphatic hydroxyl groups is 1. The number of nitrogens with one attached hydrogen (secondary N) is 1. The van der Waals surface area contributed by atoms with Crippen molar-refractivity contribution in [3.8, 4) is 0 Å². The van der Waals surface area contributed by atoms with Gasteiger partial charge in [-0.3, -0.25) is 0 Å². The van der Waals surface area contributed by atoms with Crippen LogP contribution >= 0.6 is 0 Å². The number of nitrogens with zero attached hydrogens (tertiary/aromatic N) is 1. The third-order valence-electron chi connectivity index (χ3n) is 2.03. The molecular weight excluding hydrogens is 192 g/mol. The molecule has 0 fully saturated rings. The van der Waals surface area contributed by atoms with Crippen LogP contribution in [0, 0.1) is 6.92 Å². The number of aromatic nitrogens is 1. The summed E-state index contributed by atoms with van der Waals surface area (Å²) in [5.74, 6) is 0.847. The second-order valence-corrected chi connectivity index (χ2v) is 3.49. The summed E-state index contributed by atoms with van der Waals surface area (Å²) in [5, 5.41) is 12.5. The Kier molecular flexibility index (Phi) is 5.07. The smallest absolute Gasteiger partial charge is 0.126 e. The predicted molar refractivity (Wildman–Crippen MR) is 60.0 cm³/mol. The third kappa shape index (κ3) is 4.76. The zero-order valence-electron chi connectivity index (χ0n) is 9.23. The highest BCUT2D eigenvalue weighted by Gasteiger charge is 2.02. The summed E-state index contributed by atoms with van der Waals surface area (Å²) in [5.41, 5.74) is 0.984. The first kappa shape index (κ1) is 11.9. The van der Waals surface area contributed by atoms with E-state index in [-0.39, 0.29) is 0 Å². The molecule has 0 aliphatic carbocycles. The molecular formula is C11H18N2O2. The van der Waals surface area contributed by atoms with Gasteiger partial charge in [0.05, 0.1) is 12.7 Å². The Labute approximate surface area is 90.3 Å². The minimum atomic E-state index is -0.410. The topological polar surface area (TPSA) is 54.4 Å². The van der Waals surface area contributed by atoms with Crippen LogP contribution in [0.5, 0.6) is 0 Å². The van der Waals surface area contributed by atoms with E-state index in [1.54, 1.807) is 7.11 Å². The molecule has 0 aliphatic heterocycles. The molecule has 2 N–H and O–H groups in total. The van der Waals surface area contributed by atoms with E-state index in [4.69, 9.17) is 4.74 Å². The van der Waals surface area contributed by atoms with E-state index in [0.717, 1.165) is 11.5 Å². The fraction of sp³-hybridized carbons (Fsp3) is 0.545. The van der Waals surface area contributed by atoms with Crippen molar-refractivity contribution in [2.75, 3.05) is 25.6 Å². The number of hydrogen-bond donors (Lipinski definition) is 2. The number of ether oxygens (including phenoxy) is 1. The van der Waals surface area contributed by atoms with Crippen LogP contribution in [0.2, 0.25) is 0 Å². The normalized spacial score (nSPS) is 12.5. The second kappa shape index (κ2) is 6.37. The summed E-state index contributed by atoms with van der Waals surface area (Å²) in [6.45, 7) is 3.02. The lowest BCUT2D eigenvalue weighted by molar-refractivity contribution is 0.0615. The van der Waals surface area contributed by atoms with Gasteiger partial charge >= 0.3 is 0 Å². The Morgan fingerprint density at radius 2 is 2.33 bits per heavy atom. The van der Waals surface area contributed by atoms with Crippen LogP contribution in [0.25, 0.3) is 0 Å². The Morgan fingerprint density at radius 3 is 3.00 bits per heavy atom. The van der Waals surface area contributed by atoms with Crippen molar-refractivity contribution < 1.29 is 9.84 Å². The molecule has 0 aromatic carbocycles. The molecule has 84 valence electrons. The molecule has 1 unspecified atom stereocenters. The first-order valence-electron chi connectivity index (χ1n) is 5.07. The molecule has 0 saturated carbocycles. The summed E-state index contributed by atoms with van der Waals surface area (Å²) >= 11 is 0. The zero-order chi connectivity index (χ0) is 11.1. The Hall–Kier alpha value is -1.13. The van der Waals surface area contributed by atoms with Crippen LogP contribution in [-0.4, -0.2) is 36.5 Å². The zero-order valence-corrected chi connectivity index (χ0v) is 9.23. The van der Waals surface area contributed by atoms with Crippen molar-refractivity contribution in [2.24, 2.45) is 0 Å². The van der Waals surface area contributed by atoms with Crippen LogP contribution in [0.3, 0.4) is 0 Å². The van der Waals surface area contributed by atoms with Crippen molar-refractivity contribution in [2.45, 2.75) is 19.4 Å². The Balaban J connectivity index is 2.25. The quantitative estimate of drug-likeness (QED) is 0.740. The van der Waals surface area contributed by atoms with Gasteiger partial charge in [0.25, 0.3) is 0 Å². The maximum atomic E-state index is 9.40. The highest BCUT2D eigenvalue weighted by atomic mass is 16.5. The summed E-state index contributed by atoms with van der Waals surface area (Å²) < 4.78 is 4.83. The largest absolute Gasteiger partial charge is 0.391 e. The second-order valence-electron chi connectivity index (χ2n) is 3.49. The Bertz CT molecular complexity index is 292. The van der Waals surface area contributed by atoms with Crippen molar-refractivity contribution in [1.29, 1.82) is 0 Å². The van der Waals surface area contributed by atoms with Gasteiger partial charge in [0.2, 0.25) is 0 Å². The molecule has 1 heterocycles. The maximum Gasteiger partial charge on any atom is 0.126 e. The first-order chi connectivity index (χ1) is 7.22. The van der Waals surface area contributed by atoms with Gasteiger partial charge in [0.1, 0.15) is 5.82 Å². The minimum absolute atomic E-state index is 0.378. The van der Waals surface area contributed by atoms with Crippen molar-refractivity contribution >= 4 is 5.82 Å². The van der Waals surface area contributed by atoms with E-state index in [2.05, 4.69) is 10.3 Å². The van der Waals surface area contributed by atoms with Crippen LogP contribution in [0.4, 0.5) is 5.82 Å². The number of pyridine rings is 1. The van der Waals surface area contributed by atoms with E-state index >= 15 is 0 Å². The van der Waals surface area contributed by atoms with E-state index in [9.17, 15) is 5.11 Å². The summed E-state index contributed by atoms with van der Waals surface area (Å²) in [4.78, 5) is 4.29. The monoisotopic (exact) mass is 210 g/mol. The predicted octanol–water partition coefficient (Wildman–Crippen LogP) is 1.20. The van der Waals surface area contributed by atoms with Gasteiger partial charge in [0.15, 0.2) is 0 Å². The molecule has 1 aromatic rings. The van der Waals surface area contributed by atoms with Gasteiger partial charge < -0.3 is 15.2 Å². The molecule has 0 spiro atoms. The van der Waals surface area contributed by atoms with Crippen LogP contribution < -0.4 is 5.32 Å². The van der Waals surface area contributed by atoms with Gasteiger partial charge in [-0.2, -0.15) is 0 Å². The van der Waals surface area contributed by atoms with Crippen molar-refractivity contribution in [3.63, 3.8) is 0 Å². The molecule has 0 saturated heterocycles. The number of rotatable bonds is 6. The third-order valence-corrected chi connectivity index (χ3v) is 2.03. The molecule has 4 nitrogen and oxygen atoms in total. The lowest BCUT2D eigenvalue weighted by Crippen LogP contribution is -2.18. The number of aliphatic hydroxyl groups excluding tert-OH is 1. The molecule has 1 rings (SSSR count). The molecule has 1 atom stereocenters. The molecule has 0 radical (unpaired) electrons. The van der Waals surface area contributed by atoms with Crippen LogP contribution in [-0.2, 0) is 4.74 Å². The molecule has 4 heteroatoms. The van der Waals surface area contributed by atoms with E-state index in [0.29, 0.717) is 19.6 Å².